The number of guanidine groups is 1. The number of fused-ring (bicyclic) bond motifs is 1. The zero-order valence-corrected chi connectivity index (χ0v) is 14.9. The lowest BCUT2D eigenvalue weighted by Crippen LogP contribution is -2.24. The van der Waals surface area contributed by atoms with Crippen LogP contribution in [0.5, 0.6) is 11.5 Å². The van der Waals surface area contributed by atoms with Gasteiger partial charge in [0.2, 0.25) is 0 Å². The number of nitriles is 1. The van der Waals surface area contributed by atoms with Crippen LogP contribution in [0.3, 0.4) is 0 Å². The summed E-state index contributed by atoms with van der Waals surface area (Å²) in [4.78, 5) is 15.8. The summed E-state index contributed by atoms with van der Waals surface area (Å²) in [5.41, 5.74) is 13.4. The van der Waals surface area contributed by atoms with Gasteiger partial charge in [0.25, 0.3) is 5.91 Å². The van der Waals surface area contributed by atoms with Crippen LogP contribution in [0.15, 0.2) is 47.5 Å². The molecule has 27 heavy (non-hydrogen) atoms. The van der Waals surface area contributed by atoms with Crippen LogP contribution in [-0.2, 0) is 0 Å². The molecule has 1 heterocycles. The molecule has 1 amide bonds. The van der Waals surface area contributed by atoms with Crippen LogP contribution in [-0.4, -0.2) is 25.1 Å². The Bertz CT molecular complexity index is 1010. The number of carbonyl (C=O) groups is 1. The van der Waals surface area contributed by atoms with E-state index in [4.69, 9.17) is 20.9 Å². The van der Waals surface area contributed by atoms with E-state index in [0.29, 0.717) is 33.8 Å². The van der Waals surface area contributed by atoms with Crippen molar-refractivity contribution in [2.24, 2.45) is 16.5 Å². The molecule has 0 aliphatic carbocycles. The molecule has 0 saturated carbocycles. The number of amides is 1. The van der Waals surface area contributed by atoms with Gasteiger partial charge in [-0.1, -0.05) is 6.07 Å². The number of hydrogen-bond acceptors (Lipinski definition) is 4. The lowest BCUT2D eigenvalue weighted by atomic mass is 9.89. The minimum Gasteiger partial charge on any atom is -0.496 e. The van der Waals surface area contributed by atoms with E-state index in [1.165, 1.54) is 0 Å². The van der Waals surface area contributed by atoms with Gasteiger partial charge in [0.05, 0.1) is 18.7 Å². The second kappa shape index (κ2) is 7.22. The first-order chi connectivity index (χ1) is 12.9. The maximum absolute atomic E-state index is 12.2. The van der Waals surface area contributed by atoms with Gasteiger partial charge in [-0.15, -0.1) is 0 Å². The number of carbonyl (C=O) groups excluding carboxylic acids is 1. The number of nitrogens with two attached hydrogens (primary N) is 2. The van der Waals surface area contributed by atoms with Crippen LogP contribution in [0.25, 0.3) is 5.57 Å². The third-order valence-electron chi connectivity index (χ3n) is 4.10. The average Bonchev–Trinajstić information content (AvgIpc) is 2.65. The van der Waals surface area contributed by atoms with Crippen LogP contribution in [0.4, 0.5) is 0 Å². The van der Waals surface area contributed by atoms with Crippen molar-refractivity contribution in [1.29, 1.82) is 5.26 Å². The zero-order valence-electron chi connectivity index (χ0n) is 14.9. The number of aliphatic imine (C=N–C) groups is 1. The van der Waals surface area contributed by atoms with Crippen molar-refractivity contribution >= 4 is 17.4 Å². The molecule has 1 aliphatic rings. The molecular formula is C20H18N4O3. The molecule has 0 spiro atoms. The van der Waals surface area contributed by atoms with Crippen molar-refractivity contribution < 1.29 is 14.3 Å². The van der Waals surface area contributed by atoms with E-state index < -0.39 is 5.91 Å². The fraction of sp³-hybridized carbons (Fsp3) is 0.150. The first-order valence-corrected chi connectivity index (χ1v) is 8.19. The number of rotatable bonds is 3. The largest absolute Gasteiger partial charge is 0.496 e. The SMILES string of the molecule is COc1cccc(C#N)c1C1=CC(C)Oc2ccc(C(=O)N=C(N)N)cc21. The highest BCUT2D eigenvalue weighted by molar-refractivity contribution is 6.03. The predicted octanol–water partition coefficient (Wildman–Crippen LogP) is 2.19. The third kappa shape index (κ3) is 3.46. The Morgan fingerprint density at radius 2 is 2.07 bits per heavy atom. The normalized spacial score (nSPS) is 14.9. The summed E-state index contributed by atoms with van der Waals surface area (Å²) in [6.07, 6.45) is 1.67. The molecule has 0 saturated heterocycles. The molecule has 1 unspecified atom stereocenters. The lowest BCUT2D eigenvalue weighted by Gasteiger charge is -2.25. The molecular weight excluding hydrogens is 344 g/mol. The van der Waals surface area contributed by atoms with Crippen LogP contribution >= 0.6 is 0 Å². The van der Waals surface area contributed by atoms with Crippen LogP contribution in [0.2, 0.25) is 0 Å². The quantitative estimate of drug-likeness (QED) is 0.637. The van der Waals surface area contributed by atoms with E-state index in [2.05, 4.69) is 11.1 Å². The summed E-state index contributed by atoms with van der Waals surface area (Å²) < 4.78 is 11.3. The molecule has 1 atom stereocenters. The Kier molecular flexibility index (Phi) is 4.81. The maximum atomic E-state index is 12.2. The molecule has 0 aromatic heterocycles. The predicted molar refractivity (Wildman–Crippen MR) is 101 cm³/mol. The van der Waals surface area contributed by atoms with Crippen LogP contribution in [0, 0.1) is 11.3 Å². The Morgan fingerprint density at radius 1 is 1.30 bits per heavy atom. The number of hydrogen-bond donors (Lipinski definition) is 2. The lowest BCUT2D eigenvalue weighted by molar-refractivity contribution is 0.100. The molecule has 0 radical (unpaired) electrons. The zero-order chi connectivity index (χ0) is 19.6. The molecule has 0 bridgehead atoms. The van der Waals surface area contributed by atoms with Crippen molar-refractivity contribution in [3.63, 3.8) is 0 Å². The third-order valence-corrected chi connectivity index (χ3v) is 4.10. The molecule has 1 aliphatic heterocycles. The van der Waals surface area contributed by atoms with E-state index >= 15 is 0 Å². The van der Waals surface area contributed by atoms with Gasteiger partial charge in [0, 0.05) is 16.7 Å². The van der Waals surface area contributed by atoms with E-state index in [-0.39, 0.29) is 12.1 Å². The van der Waals surface area contributed by atoms with Crippen molar-refractivity contribution in [2.45, 2.75) is 13.0 Å². The Balaban J connectivity index is 2.22. The molecule has 4 N–H and O–H groups in total. The highest BCUT2D eigenvalue weighted by atomic mass is 16.5. The van der Waals surface area contributed by atoms with E-state index in [1.807, 2.05) is 13.0 Å². The van der Waals surface area contributed by atoms with E-state index in [1.54, 1.807) is 43.5 Å². The summed E-state index contributed by atoms with van der Waals surface area (Å²) in [6, 6.07) is 12.4. The summed E-state index contributed by atoms with van der Waals surface area (Å²) in [5, 5.41) is 9.56. The molecule has 3 rings (SSSR count). The number of benzene rings is 2. The minimum absolute atomic E-state index is 0.219. The Hall–Kier alpha value is -3.79. The van der Waals surface area contributed by atoms with Gasteiger partial charge in [0.15, 0.2) is 5.96 Å². The molecule has 2 aromatic rings. The number of nitrogens with zero attached hydrogens (tertiary/aromatic N) is 2. The number of ether oxygens (including phenoxy) is 2. The first-order valence-electron chi connectivity index (χ1n) is 8.19. The molecule has 7 nitrogen and oxygen atoms in total. The highest BCUT2D eigenvalue weighted by Gasteiger charge is 2.25. The topological polar surface area (TPSA) is 124 Å². The Morgan fingerprint density at radius 3 is 2.74 bits per heavy atom. The van der Waals surface area contributed by atoms with Gasteiger partial charge < -0.3 is 20.9 Å². The van der Waals surface area contributed by atoms with Crippen molar-refractivity contribution in [3.8, 4) is 17.6 Å². The first kappa shape index (κ1) is 18.0. The van der Waals surface area contributed by atoms with Gasteiger partial charge in [0.1, 0.15) is 17.6 Å². The standard InChI is InChI=1S/C20H18N4O3/c1-11-8-15(18-13(10-21)4-3-5-17(18)26-2)14-9-12(6-7-16(14)27-11)19(25)24-20(22)23/h3-9,11H,1-2H3,(H4,22,23,24,25). The maximum Gasteiger partial charge on any atom is 0.280 e. The molecule has 0 fully saturated rings. The summed E-state index contributed by atoms with van der Waals surface area (Å²) >= 11 is 0. The van der Waals surface area contributed by atoms with Crippen molar-refractivity contribution in [2.75, 3.05) is 7.11 Å². The molecule has 136 valence electrons. The van der Waals surface area contributed by atoms with Gasteiger partial charge in [-0.05, 0) is 48.9 Å². The summed E-state index contributed by atoms with van der Waals surface area (Å²) in [5.74, 6) is 0.281. The highest BCUT2D eigenvalue weighted by Crippen LogP contribution is 2.41. The van der Waals surface area contributed by atoms with Crippen molar-refractivity contribution in [3.05, 3.63) is 64.7 Å². The Labute approximate surface area is 156 Å². The summed E-state index contributed by atoms with van der Waals surface area (Å²) in [6.45, 7) is 1.89. The summed E-state index contributed by atoms with van der Waals surface area (Å²) in [7, 11) is 1.54. The molecule has 7 heteroatoms. The second-order valence-corrected chi connectivity index (χ2v) is 5.95. The van der Waals surface area contributed by atoms with Crippen molar-refractivity contribution in [1.82, 2.24) is 0 Å². The minimum atomic E-state index is -0.559. The average molecular weight is 362 g/mol. The molecule has 2 aromatic carbocycles. The van der Waals surface area contributed by atoms with Gasteiger partial charge in [-0.25, -0.2) is 0 Å². The second-order valence-electron chi connectivity index (χ2n) is 5.95. The van der Waals surface area contributed by atoms with E-state index in [9.17, 15) is 10.1 Å². The monoisotopic (exact) mass is 362 g/mol. The van der Waals surface area contributed by atoms with Crippen LogP contribution < -0.4 is 20.9 Å². The fourth-order valence-electron chi connectivity index (χ4n) is 3.01. The smallest absolute Gasteiger partial charge is 0.280 e. The van der Waals surface area contributed by atoms with Crippen LogP contribution in [0.1, 0.15) is 34.0 Å². The number of methoxy groups -OCH3 is 1. The van der Waals surface area contributed by atoms with E-state index in [0.717, 1.165) is 5.57 Å². The van der Waals surface area contributed by atoms with Gasteiger partial charge in [-0.2, -0.15) is 10.3 Å². The van der Waals surface area contributed by atoms with Gasteiger partial charge in [-0.3, -0.25) is 4.79 Å². The fourth-order valence-corrected chi connectivity index (χ4v) is 3.01. The van der Waals surface area contributed by atoms with Gasteiger partial charge >= 0.3 is 0 Å².